The minimum atomic E-state index is -3.89. The maximum atomic E-state index is 13.4. The van der Waals surface area contributed by atoms with Crippen molar-refractivity contribution in [1.82, 2.24) is 14.5 Å². The molecule has 0 radical (unpaired) electrons. The number of carbonyl (C=O) groups excluding carboxylic acids is 2. The molecule has 0 bridgehead atoms. The number of rotatable bonds is 10. The van der Waals surface area contributed by atoms with Gasteiger partial charge in [0.2, 0.25) is 21.8 Å². The van der Waals surface area contributed by atoms with Crippen molar-refractivity contribution in [2.24, 2.45) is 0 Å². The van der Waals surface area contributed by atoms with Gasteiger partial charge in [0, 0.05) is 24.7 Å². The molecule has 2 aromatic rings. The Labute approximate surface area is 213 Å². The van der Waals surface area contributed by atoms with E-state index in [4.69, 9.17) is 11.6 Å². The summed E-state index contributed by atoms with van der Waals surface area (Å²) in [5.74, 6) is -0.631. The molecule has 2 aromatic carbocycles. The first-order valence-corrected chi connectivity index (χ1v) is 13.9. The van der Waals surface area contributed by atoms with Gasteiger partial charge in [-0.3, -0.25) is 9.59 Å². The fraction of sp³-hybridized carbons (Fsp3) is 0.462. The predicted molar refractivity (Wildman–Crippen MR) is 138 cm³/mol. The molecule has 0 heterocycles. The predicted octanol–water partition coefficient (Wildman–Crippen LogP) is 3.87. The van der Waals surface area contributed by atoms with Gasteiger partial charge in [0.25, 0.3) is 0 Å². The number of benzene rings is 2. The van der Waals surface area contributed by atoms with Crippen molar-refractivity contribution < 1.29 is 18.0 Å². The van der Waals surface area contributed by atoms with Crippen molar-refractivity contribution >= 4 is 33.4 Å². The number of hydrogen-bond acceptors (Lipinski definition) is 4. The second kappa shape index (κ2) is 12.5. The number of hydrogen-bond donors (Lipinski definition) is 1. The molecule has 35 heavy (non-hydrogen) atoms. The van der Waals surface area contributed by atoms with E-state index < -0.39 is 22.0 Å². The van der Waals surface area contributed by atoms with Gasteiger partial charge in [-0.15, -0.1) is 0 Å². The molecular formula is C26H34ClN3O4S. The largest absolute Gasteiger partial charge is 0.352 e. The van der Waals surface area contributed by atoms with Crippen LogP contribution in [0.15, 0.2) is 59.5 Å². The van der Waals surface area contributed by atoms with Gasteiger partial charge >= 0.3 is 0 Å². The highest BCUT2D eigenvalue weighted by molar-refractivity contribution is 7.89. The summed E-state index contributed by atoms with van der Waals surface area (Å²) in [4.78, 5) is 28.0. The summed E-state index contributed by atoms with van der Waals surface area (Å²) in [6.07, 6.45) is 5.79. The van der Waals surface area contributed by atoms with Crippen LogP contribution in [0.25, 0.3) is 0 Å². The molecule has 7 nitrogen and oxygen atoms in total. The van der Waals surface area contributed by atoms with Crippen molar-refractivity contribution in [3.63, 3.8) is 0 Å². The third-order valence-corrected chi connectivity index (χ3v) is 8.55. The topological polar surface area (TPSA) is 86.8 Å². The second-order valence-corrected chi connectivity index (χ2v) is 11.5. The number of halogens is 1. The SMILES string of the molecule is C[C@@H](C(=O)NC1CCCCC1)N(CCc1ccccc1)C(=O)CN(C)S(=O)(=O)c1ccc(Cl)cc1. The molecule has 0 aliphatic heterocycles. The molecule has 9 heteroatoms. The zero-order chi connectivity index (χ0) is 25.4. The lowest BCUT2D eigenvalue weighted by molar-refractivity contribution is -0.140. The van der Waals surface area contributed by atoms with Crippen LogP contribution < -0.4 is 5.32 Å². The van der Waals surface area contributed by atoms with Crippen LogP contribution in [0.3, 0.4) is 0 Å². The van der Waals surface area contributed by atoms with Gasteiger partial charge in [0.1, 0.15) is 6.04 Å². The number of likely N-dealkylation sites (N-methyl/N-ethyl adjacent to an activating group) is 1. The molecule has 1 aliphatic rings. The Hall–Kier alpha value is -2.42. The van der Waals surface area contributed by atoms with E-state index in [1.165, 1.54) is 42.6 Å². The molecule has 1 atom stereocenters. The molecule has 2 amide bonds. The first-order chi connectivity index (χ1) is 16.7. The van der Waals surface area contributed by atoms with Crippen LogP contribution in [0.2, 0.25) is 5.02 Å². The first kappa shape index (κ1) is 27.2. The van der Waals surface area contributed by atoms with Gasteiger partial charge in [-0.1, -0.05) is 61.2 Å². The van der Waals surface area contributed by atoms with Crippen LogP contribution >= 0.6 is 11.6 Å². The van der Waals surface area contributed by atoms with E-state index in [1.807, 2.05) is 30.3 Å². The summed E-state index contributed by atoms with van der Waals surface area (Å²) in [7, 11) is -2.53. The molecule has 190 valence electrons. The Morgan fingerprint density at radius 2 is 1.66 bits per heavy atom. The zero-order valence-corrected chi connectivity index (χ0v) is 21.9. The summed E-state index contributed by atoms with van der Waals surface area (Å²) < 4.78 is 27.0. The Kier molecular flexibility index (Phi) is 9.71. The fourth-order valence-electron chi connectivity index (χ4n) is 4.29. The molecule has 0 unspecified atom stereocenters. The van der Waals surface area contributed by atoms with Gasteiger partial charge in [-0.2, -0.15) is 4.31 Å². The quantitative estimate of drug-likeness (QED) is 0.516. The van der Waals surface area contributed by atoms with Crippen molar-refractivity contribution in [2.75, 3.05) is 20.1 Å². The average molecular weight is 520 g/mol. The van der Waals surface area contributed by atoms with Crippen LogP contribution in [0.5, 0.6) is 0 Å². The number of sulfonamides is 1. The van der Waals surface area contributed by atoms with E-state index in [2.05, 4.69) is 5.32 Å². The van der Waals surface area contributed by atoms with Crippen LogP contribution in [0, 0.1) is 0 Å². The van der Waals surface area contributed by atoms with Crippen molar-refractivity contribution in [1.29, 1.82) is 0 Å². The fourth-order valence-corrected chi connectivity index (χ4v) is 5.54. The first-order valence-electron chi connectivity index (χ1n) is 12.0. The molecule has 0 spiro atoms. The summed E-state index contributed by atoms with van der Waals surface area (Å²) >= 11 is 5.88. The Balaban J connectivity index is 1.73. The van der Waals surface area contributed by atoms with E-state index in [9.17, 15) is 18.0 Å². The molecule has 3 rings (SSSR count). The van der Waals surface area contributed by atoms with Gasteiger partial charge in [-0.05, 0) is 56.0 Å². The molecule has 0 aromatic heterocycles. The number of nitrogens with zero attached hydrogens (tertiary/aromatic N) is 2. The maximum Gasteiger partial charge on any atom is 0.243 e. The number of nitrogens with one attached hydrogen (secondary N) is 1. The zero-order valence-electron chi connectivity index (χ0n) is 20.3. The van der Waals surface area contributed by atoms with Crippen LogP contribution in [-0.2, 0) is 26.0 Å². The Bertz CT molecular complexity index is 1090. The molecule has 1 N–H and O–H groups in total. The highest BCUT2D eigenvalue weighted by atomic mass is 35.5. The Morgan fingerprint density at radius 3 is 2.29 bits per heavy atom. The summed E-state index contributed by atoms with van der Waals surface area (Å²) in [6.45, 7) is 1.63. The van der Waals surface area contributed by atoms with Gasteiger partial charge in [-0.25, -0.2) is 8.42 Å². The maximum absolute atomic E-state index is 13.4. The lowest BCUT2D eigenvalue weighted by atomic mass is 9.95. The molecule has 0 saturated heterocycles. The lowest BCUT2D eigenvalue weighted by Gasteiger charge is -2.32. The van der Waals surface area contributed by atoms with E-state index in [-0.39, 0.29) is 23.4 Å². The van der Waals surface area contributed by atoms with Crippen molar-refractivity contribution in [2.45, 2.75) is 62.4 Å². The van der Waals surface area contributed by atoms with Crippen molar-refractivity contribution in [3.05, 3.63) is 65.2 Å². The standard InChI is InChI=1S/C26H34ClN3O4S/c1-20(26(32)28-23-11-7-4-8-12-23)30(18-17-21-9-5-3-6-10-21)25(31)19-29(2)35(33,34)24-15-13-22(27)14-16-24/h3,5-6,9-10,13-16,20,23H,4,7-8,11-12,17-19H2,1-2H3,(H,28,32)/t20-/m0/s1. The van der Waals surface area contributed by atoms with E-state index in [0.29, 0.717) is 18.0 Å². The average Bonchev–Trinajstić information content (AvgIpc) is 2.85. The van der Waals surface area contributed by atoms with Gasteiger partial charge < -0.3 is 10.2 Å². The summed E-state index contributed by atoms with van der Waals surface area (Å²) in [6, 6.07) is 14.9. The third kappa shape index (κ3) is 7.53. The molecule has 1 saturated carbocycles. The normalized spacial score (nSPS) is 15.5. The van der Waals surface area contributed by atoms with Crippen LogP contribution in [0.1, 0.15) is 44.6 Å². The summed E-state index contributed by atoms with van der Waals surface area (Å²) in [5.41, 5.74) is 1.03. The van der Waals surface area contributed by atoms with Crippen LogP contribution in [0.4, 0.5) is 0 Å². The van der Waals surface area contributed by atoms with E-state index >= 15 is 0 Å². The molecular weight excluding hydrogens is 486 g/mol. The lowest BCUT2D eigenvalue weighted by Crippen LogP contribution is -2.53. The van der Waals surface area contributed by atoms with E-state index in [0.717, 1.165) is 35.6 Å². The number of amides is 2. The molecule has 1 fully saturated rings. The Morgan fingerprint density at radius 1 is 1.03 bits per heavy atom. The van der Waals surface area contributed by atoms with Gasteiger partial charge in [0.05, 0.1) is 11.4 Å². The minimum absolute atomic E-state index is 0.0520. The summed E-state index contributed by atoms with van der Waals surface area (Å²) in [5, 5.41) is 3.51. The second-order valence-electron chi connectivity index (χ2n) is 9.06. The smallest absolute Gasteiger partial charge is 0.243 e. The van der Waals surface area contributed by atoms with Crippen LogP contribution in [-0.4, -0.2) is 61.7 Å². The highest BCUT2D eigenvalue weighted by Gasteiger charge is 2.31. The minimum Gasteiger partial charge on any atom is -0.352 e. The highest BCUT2D eigenvalue weighted by Crippen LogP contribution is 2.19. The van der Waals surface area contributed by atoms with Gasteiger partial charge in [0.15, 0.2) is 0 Å². The number of carbonyl (C=O) groups is 2. The monoisotopic (exact) mass is 519 g/mol. The molecule has 1 aliphatic carbocycles. The van der Waals surface area contributed by atoms with Crippen molar-refractivity contribution in [3.8, 4) is 0 Å². The third-order valence-electron chi connectivity index (χ3n) is 6.48. The van der Waals surface area contributed by atoms with E-state index in [1.54, 1.807) is 6.92 Å².